The first kappa shape index (κ1) is 16.7. The van der Waals surface area contributed by atoms with Crippen molar-refractivity contribution in [1.82, 2.24) is 4.90 Å². The molecule has 1 aliphatic heterocycles. The van der Waals surface area contributed by atoms with Crippen molar-refractivity contribution in [2.75, 3.05) is 13.1 Å². The summed E-state index contributed by atoms with van der Waals surface area (Å²) in [4.78, 5) is 13.5. The molecule has 3 nitrogen and oxygen atoms in total. The van der Waals surface area contributed by atoms with Gasteiger partial charge in [0, 0.05) is 13.0 Å². The predicted molar refractivity (Wildman–Crippen MR) is 71.6 cm³/mol. The molecule has 2 rings (SSSR count). The molecule has 7 heteroatoms. The quantitative estimate of drug-likeness (QED) is 0.851. The van der Waals surface area contributed by atoms with E-state index in [4.69, 9.17) is 0 Å². The lowest BCUT2D eigenvalue weighted by atomic mass is 9.83. The molecule has 1 fully saturated rings. The van der Waals surface area contributed by atoms with Crippen LogP contribution in [0.5, 0.6) is 0 Å². The Morgan fingerprint density at radius 2 is 1.77 bits per heavy atom. The third kappa shape index (κ3) is 2.82. The Morgan fingerprint density at radius 3 is 2.23 bits per heavy atom. The summed E-state index contributed by atoms with van der Waals surface area (Å²) in [5.41, 5.74) is -3.46. The second-order valence-corrected chi connectivity index (χ2v) is 6.14. The van der Waals surface area contributed by atoms with Crippen LogP contribution in [0.15, 0.2) is 24.3 Å². The first-order valence-electron chi connectivity index (χ1n) is 6.82. The van der Waals surface area contributed by atoms with E-state index in [1.165, 1.54) is 24.3 Å². The van der Waals surface area contributed by atoms with E-state index in [1.54, 1.807) is 13.8 Å². The van der Waals surface area contributed by atoms with Gasteiger partial charge in [-0.1, -0.05) is 12.1 Å². The molecule has 122 valence electrons. The van der Waals surface area contributed by atoms with Crippen LogP contribution in [0.25, 0.3) is 0 Å². The van der Waals surface area contributed by atoms with E-state index in [9.17, 15) is 27.5 Å². The van der Waals surface area contributed by atoms with Gasteiger partial charge in [-0.25, -0.2) is 4.39 Å². The van der Waals surface area contributed by atoms with E-state index in [2.05, 4.69) is 0 Å². The third-order valence-electron chi connectivity index (χ3n) is 4.16. The van der Waals surface area contributed by atoms with Crippen LogP contribution in [0.1, 0.15) is 25.8 Å². The molecule has 0 aromatic heterocycles. The zero-order chi connectivity index (χ0) is 16.8. The smallest absolute Gasteiger partial charge is 0.379 e. The molecule has 0 unspecified atom stereocenters. The van der Waals surface area contributed by atoms with Crippen molar-refractivity contribution < 1.29 is 27.5 Å². The largest absolute Gasteiger partial charge is 0.419 e. The van der Waals surface area contributed by atoms with E-state index >= 15 is 0 Å². The van der Waals surface area contributed by atoms with Crippen LogP contribution in [0.4, 0.5) is 17.6 Å². The zero-order valence-corrected chi connectivity index (χ0v) is 12.2. The fourth-order valence-corrected chi connectivity index (χ4v) is 2.58. The molecule has 0 radical (unpaired) electrons. The van der Waals surface area contributed by atoms with Crippen LogP contribution in [0.2, 0.25) is 0 Å². The van der Waals surface area contributed by atoms with E-state index in [-0.39, 0.29) is 6.54 Å². The SMILES string of the molecule is CC(C)(C(=O)N1CC[C@](O)(C(F)(F)F)C1)c1ccc(F)cc1. The maximum atomic E-state index is 13.0. The molecule has 0 bridgehead atoms. The molecule has 1 aliphatic rings. The van der Waals surface area contributed by atoms with Gasteiger partial charge in [-0.2, -0.15) is 13.2 Å². The molecule has 0 aliphatic carbocycles. The number of halogens is 4. The summed E-state index contributed by atoms with van der Waals surface area (Å²) in [5, 5.41) is 9.65. The fraction of sp³-hybridized carbons (Fsp3) is 0.533. The number of β-amino-alcohol motifs (C(OH)–C–C–N with tert-alkyl or cyclic N) is 1. The number of likely N-dealkylation sites (tertiary alicyclic amines) is 1. The molecule has 22 heavy (non-hydrogen) atoms. The van der Waals surface area contributed by atoms with E-state index < -0.39 is 41.9 Å². The van der Waals surface area contributed by atoms with Crippen molar-refractivity contribution in [3.63, 3.8) is 0 Å². The minimum absolute atomic E-state index is 0.167. The number of aliphatic hydroxyl groups is 1. The van der Waals surface area contributed by atoms with Crippen molar-refractivity contribution in [2.45, 2.75) is 37.5 Å². The number of benzene rings is 1. The molecular weight excluding hydrogens is 302 g/mol. The number of alkyl halides is 3. The van der Waals surface area contributed by atoms with Gasteiger partial charge in [0.25, 0.3) is 0 Å². The van der Waals surface area contributed by atoms with Crippen LogP contribution in [0, 0.1) is 5.82 Å². The van der Waals surface area contributed by atoms with Gasteiger partial charge in [0.1, 0.15) is 5.82 Å². The number of amides is 1. The van der Waals surface area contributed by atoms with Crippen LogP contribution >= 0.6 is 0 Å². The van der Waals surface area contributed by atoms with Crippen molar-refractivity contribution in [1.29, 1.82) is 0 Å². The summed E-state index contributed by atoms with van der Waals surface area (Å²) in [6.07, 6.45) is -5.32. The summed E-state index contributed by atoms with van der Waals surface area (Å²) in [5.74, 6) is -0.987. The highest BCUT2D eigenvalue weighted by Crippen LogP contribution is 2.39. The lowest BCUT2D eigenvalue weighted by Crippen LogP contribution is -2.50. The lowest BCUT2D eigenvalue weighted by Gasteiger charge is -2.31. The Bertz CT molecular complexity index is 568. The highest BCUT2D eigenvalue weighted by atomic mass is 19.4. The van der Waals surface area contributed by atoms with Crippen LogP contribution in [-0.2, 0) is 10.2 Å². The number of rotatable bonds is 2. The van der Waals surface area contributed by atoms with Gasteiger partial charge in [0.2, 0.25) is 5.91 Å². The third-order valence-corrected chi connectivity index (χ3v) is 4.16. The van der Waals surface area contributed by atoms with Crippen molar-refractivity contribution in [3.8, 4) is 0 Å². The van der Waals surface area contributed by atoms with E-state index in [0.717, 1.165) is 4.90 Å². The number of hydrogen-bond donors (Lipinski definition) is 1. The Hall–Kier alpha value is -1.63. The maximum absolute atomic E-state index is 13.0. The zero-order valence-electron chi connectivity index (χ0n) is 12.2. The van der Waals surface area contributed by atoms with Gasteiger partial charge in [0.15, 0.2) is 5.60 Å². The van der Waals surface area contributed by atoms with Crippen LogP contribution < -0.4 is 0 Å². The van der Waals surface area contributed by atoms with Crippen molar-refractivity contribution in [3.05, 3.63) is 35.6 Å². The lowest BCUT2D eigenvalue weighted by molar-refractivity contribution is -0.253. The summed E-state index contributed by atoms with van der Waals surface area (Å²) >= 11 is 0. The Balaban J connectivity index is 2.20. The molecular formula is C15H17F4NO2. The number of carbonyl (C=O) groups excluding carboxylic acids is 1. The minimum Gasteiger partial charge on any atom is -0.379 e. The summed E-state index contributed by atoms with van der Waals surface area (Å²) in [7, 11) is 0. The van der Waals surface area contributed by atoms with Gasteiger partial charge >= 0.3 is 6.18 Å². The molecule has 1 N–H and O–H groups in total. The van der Waals surface area contributed by atoms with Gasteiger partial charge in [0.05, 0.1) is 12.0 Å². The topological polar surface area (TPSA) is 40.5 Å². The fourth-order valence-electron chi connectivity index (χ4n) is 2.58. The molecule has 1 heterocycles. The van der Waals surface area contributed by atoms with Gasteiger partial charge in [-0.05, 0) is 31.5 Å². The highest BCUT2D eigenvalue weighted by Gasteiger charge is 2.58. The van der Waals surface area contributed by atoms with E-state index in [0.29, 0.717) is 5.56 Å². The standard InChI is InChI=1S/C15H17F4NO2/c1-13(2,10-3-5-11(16)6-4-10)12(21)20-8-7-14(22,9-20)15(17,18)19/h3-6,22H,7-9H2,1-2H3/t14-/m1/s1. The minimum atomic E-state index is -4.78. The molecule has 0 saturated carbocycles. The Labute approximate surface area is 125 Å². The molecule has 0 spiro atoms. The monoisotopic (exact) mass is 319 g/mol. The first-order valence-corrected chi connectivity index (χ1v) is 6.82. The summed E-state index contributed by atoms with van der Waals surface area (Å²) < 4.78 is 51.4. The summed E-state index contributed by atoms with van der Waals surface area (Å²) in [6, 6.07) is 5.25. The van der Waals surface area contributed by atoms with Crippen molar-refractivity contribution in [2.24, 2.45) is 0 Å². The molecule has 1 aromatic rings. The maximum Gasteiger partial charge on any atom is 0.419 e. The summed E-state index contributed by atoms with van der Waals surface area (Å²) in [6.45, 7) is 2.18. The number of nitrogens with zero attached hydrogens (tertiary/aromatic N) is 1. The molecule has 1 aromatic carbocycles. The average molecular weight is 319 g/mol. The number of hydrogen-bond acceptors (Lipinski definition) is 2. The second kappa shape index (κ2) is 5.22. The second-order valence-electron chi connectivity index (χ2n) is 6.14. The molecule has 1 saturated heterocycles. The van der Waals surface area contributed by atoms with E-state index in [1.807, 2.05) is 0 Å². The van der Waals surface area contributed by atoms with Gasteiger partial charge in [-0.15, -0.1) is 0 Å². The molecule has 1 amide bonds. The van der Waals surface area contributed by atoms with Crippen LogP contribution in [0.3, 0.4) is 0 Å². The van der Waals surface area contributed by atoms with Gasteiger partial charge in [-0.3, -0.25) is 4.79 Å². The number of carbonyl (C=O) groups is 1. The van der Waals surface area contributed by atoms with Gasteiger partial charge < -0.3 is 10.0 Å². The van der Waals surface area contributed by atoms with Crippen molar-refractivity contribution >= 4 is 5.91 Å². The predicted octanol–water partition coefficient (Wildman–Crippen LogP) is 2.63. The Kier molecular flexibility index (Phi) is 3.97. The average Bonchev–Trinajstić information content (AvgIpc) is 2.82. The normalized spacial score (nSPS) is 23.0. The Morgan fingerprint density at radius 1 is 1.23 bits per heavy atom. The molecule has 1 atom stereocenters. The highest BCUT2D eigenvalue weighted by molar-refractivity contribution is 5.87. The first-order chi connectivity index (χ1) is 9.97. The van der Waals surface area contributed by atoms with Crippen LogP contribution in [-0.4, -0.2) is 40.8 Å².